The van der Waals surface area contributed by atoms with Gasteiger partial charge in [0.25, 0.3) is 0 Å². The summed E-state index contributed by atoms with van der Waals surface area (Å²) < 4.78 is 0. The van der Waals surface area contributed by atoms with Crippen LogP contribution in [0.25, 0.3) is 0 Å². The molecule has 6 N–H and O–H groups in total. The van der Waals surface area contributed by atoms with Crippen molar-refractivity contribution < 1.29 is 19.8 Å². The predicted octanol–water partition coefficient (Wildman–Crippen LogP) is 0.643. The number of carboxylic acids is 2. The lowest BCUT2D eigenvalue weighted by Crippen LogP contribution is -2.26. The van der Waals surface area contributed by atoms with Crippen LogP contribution in [0.15, 0.2) is 0 Å². The Morgan fingerprint density at radius 1 is 0.750 bits per heavy atom. The Kier molecular flexibility index (Phi) is 10.2. The zero-order chi connectivity index (χ0) is 14.2. The number of hydrogen-bond acceptors (Lipinski definition) is 4. The molecule has 0 rings (SSSR count). The summed E-state index contributed by atoms with van der Waals surface area (Å²) in [6, 6.07) is 0. The summed E-state index contributed by atoms with van der Waals surface area (Å²) in [5.41, 5.74) is 10.7. The summed E-state index contributed by atoms with van der Waals surface area (Å²) in [7, 11) is 0. The first-order valence-electron chi connectivity index (χ1n) is 4.68. The van der Waals surface area contributed by atoms with Crippen LogP contribution in [0.5, 0.6) is 0 Å². The summed E-state index contributed by atoms with van der Waals surface area (Å²) in [6.07, 6.45) is 0. The summed E-state index contributed by atoms with van der Waals surface area (Å²) in [4.78, 5) is 18.2. The second kappa shape index (κ2) is 8.06. The lowest BCUT2D eigenvalue weighted by molar-refractivity contribution is -0.159. The minimum absolute atomic E-state index is 0. The van der Waals surface area contributed by atoms with Gasteiger partial charge in [0, 0.05) is 11.1 Å². The lowest BCUT2D eigenvalue weighted by Gasteiger charge is -2.06. The molecule has 0 spiro atoms. The Morgan fingerprint density at radius 2 is 0.812 bits per heavy atom. The van der Waals surface area contributed by atoms with E-state index in [-0.39, 0.29) is 11.1 Å². The summed E-state index contributed by atoms with van der Waals surface area (Å²) in [5.74, 6) is -3.65. The number of nitrogens with two attached hydrogens (primary N) is 2. The lowest BCUT2D eigenvalue weighted by atomic mass is 10.1. The number of hydrogen-bond donors (Lipinski definition) is 4. The van der Waals surface area contributed by atoms with Gasteiger partial charge in [0.2, 0.25) is 0 Å². The fraction of sp³-hybridized carbons (Fsp3) is 0.800. The Morgan fingerprint density at radius 3 is 0.812 bits per heavy atom. The molecular weight excluding hydrogens is 212 g/mol. The first-order valence-corrected chi connectivity index (χ1v) is 4.68. The van der Waals surface area contributed by atoms with Crippen LogP contribution >= 0.6 is 0 Å². The van der Waals surface area contributed by atoms with Crippen molar-refractivity contribution in [2.24, 2.45) is 11.5 Å². The van der Waals surface area contributed by atoms with Crippen molar-refractivity contribution in [1.82, 2.24) is 0 Å². The summed E-state index contributed by atoms with van der Waals surface area (Å²) in [5, 5.41) is 14.8. The minimum atomic E-state index is -1.82. The molecule has 0 aliphatic carbocycles. The SMILES string of the molecule is CC(C)(C)N.CC(C)(C)N.O=C(O)C(=O)O. The van der Waals surface area contributed by atoms with Gasteiger partial charge in [-0.15, -0.1) is 0 Å². The van der Waals surface area contributed by atoms with E-state index in [4.69, 9.17) is 31.3 Å². The van der Waals surface area contributed by atoms with Crippen molar-refractivity contribution in [3.05, 3.63) is 0 Å². The number of aliphatic carboxylic acids is 2. The average Bonchev–Trinajstić information content (AvgIpc) is 1.77. The zero-order valence-electron chi connectivity index (χ0n) is 10.9. The Balaban J connectivity index is -0.000000160. The van der Waals surface area contributed by atoms with Gasteiger partial charge in [-0.2, -0.15) is 0 Å². The molecule has 0 aromatic rings. The van der Waals surface area contributed by atoms with Gasteiger partial charge in [-0.25, -0.2) is 9.59 Å². The maximum Gasteiger partial charge on any atom is 0.414 e. The van der Waals surface area contributed by atoms with E-state index in [1.54, 1.807) is 0 Å². The molecule has 0 atom stereocenters. The third-order valence-corrected chi connectivity index (χ3v) is 0.183. The maximum atomic E-state index is 9.10. The molecule has 0 aliphatic heterocycles. The molecule has 0 unspecified atom stereocenters. The maximum absolute atomic E-state index is 9.10. The molecule has 0 aromatic carbocycles. The molecule has 0 radical (unpaired) electrons. The molecule has 16 heavy (non-hydrogen) atoms. The largest absolute Gasteiger partial charge is 0.473 e. The van der Waals surface area contributed by atoms with Gasteiger partial charge in [0.15, 0.2) is 0 Å². The Bertz CT molecular complexity index is 178. The molecule has 0 aromatic heterocycles. The number of carboxylic acid groups (broad SMARTS) is 2. The summed E-state index contributed by atoms with van der Waals surface area (Å²) >= 11 is 0. The minimum Gasteiger partial charge on any atom is -0.473 e. The van der Waals surface area contributed by atoms with Crippen LogP contribution in [0.3, 0.4) is 0 Å². The second-order valence-corrected chi connectivity index (χ2v) is 5.34. The first kappa shape index (κ1) is 20.3. The van der Waals surface area contributed by atoms with E-state index in [2.05, 4.69) is 0 Å². The van der Waals surface area contributed by atoms with Gasteiger partial charge in [0.1, 0.15) is 0 Å². The van der Waals surface area contributed by atoms with Crippen molar-refractivity contribution in [3.8, 4) is 0 Å². The van der Waals surface area contributed by atoms with Gasteiger partial charge in [-0.05, 0) is 41.5 Å². The van der Waals surface area contributed by atoms with Gasteiger partial charge in [-0.3, -0.25) is 0 Å². The highest BCUT2D eigenvalue weighted by Gasteiger charge is 2.04. The molecule has 0 fully saturated rings. The highest BCUT2D eigenvalue weighted by molar-refractivity contribution is 6.27. The zero-order valence-corrected chi connectivity index (χ0v) is 10.9. The third-order valence-electron chi connectivity index (χ3n) is 0.183. The Hall–Kier alpha value is -1.14. The highest BCUT2D eigenvalue weighted by Crippen LogP contribution is 1.88. The van der Waals surface area contributed by atoms with E-state index in [1.807, 2.05) is 41.5 Å². The van der Waals surface area contributed by atoms with Gasteiger partial charge in [0.05, 0.1) is 0 Å². The second-order valence-electron chi connectivity index (χ2n) is 5.34. The molecule has 0 bridgehead atoms. The van der Waals surface area contributed by atoms with Crippen LogP contribution in [0.2, 0.25) is 0 Å². The van der Waals surface area contributed by atoms with Crippen molar-refractivity contribution in [3.63, 3.8) is 0 Å². The molecule has 0 heterocycles. The number of carbonyl (C=O) groups is 2. The smallest absolute Gasteiger partial charge is 0.414 e. The average molecular weight is 236 g/mol. The summed E-state index contributed by atoms with van der Waals surface area (Å²) in [6.45, 7) is 11.8. The van der Waals surface area contributed by atoms with Crippen LogP contribution in [-0.2, 0) is 9.59 Å². The molecule has 0 saturated carbocycles. The topological polar surface area (TPSA) is 127 Å². The van der Waals surface area contributed by atoms with E-state index in [0.717, 1.165) is 0 Å². The van der Waals surface area contributed by atoms with Crippen molar-refractivity contribution in [2.45, 2.75) is 52.6 Å². The van der Waals surface area contributed by atoms with E-state index in [1.165, 1.54) is 0 Å². The highest BCUT2D eigenvalue weighted by atomic mass is 16.4. The normalized spacial score (nSPS) is 10.2. The number of rotatable bonds is 0. The fourth-order valence-corrected chi connectivity index (χ4v) is 0. The van der Waals surface area contributed by atoms with Gasteiger partial charge >= 0.3 is 11.9 Å². The third kappa shape index (κ3) is 221. The molecule has 6 heteroatoms. The molecule has 98 valence electrons. The van der Waals surface area contributed by atoms with Crippen LogP contribution < -0.4 is 11.5 Å². The van der Waals surface area contributed by atoms with E-state index >= 15 is 0 Å². The monoisotopic (exact) mass is 236 g/mol. The molecule has 0 amide bonds. The standard InChI is InChI=1S/2C4H11N.C2H2O4/c2*1-4(2,3)5;3-1(4)2(5)6/h2*5H2,1-3H3;(H,3,4)(H,5,6). The first-order chi connectivity index (χ1) is 6.64. The quantitative estimate of drug-likeness (QED) is 0.457. The predicted molar refractivity (Wildman–Crippen MR) is 63.2 cm³/mol. The van der Waals surface area contributed by atoms with Crippen molar-refractivity contribution >= 4 is 11.9 Å². The van der Waals surface area contributed by atoms with Crippen molar-refractivity contribution in [2.75, 3.05) is 0 Å². The van der Waals surface area contributed by atoms with Crippen LogP contribution in [0.1, 0.15) is 41.5 Å². The van der Waals surface area contributed by atoms with Crippen molar-refractivity contribution in [1.29, 1.82) is 0 Å². The molecule has 0 saturated heterocycles. The fourth-order valence-electron chi connectivity index (χ4n) is 0. The van der Waals surface area contributed by atoms with Gasteiger partial charge in [-0.1, -0.05) is 0 Å². The van der Waals surface area contributed by atoms with E-state index in [0.29, 0.717) is 0 Å². The molecule has 6 nitrogen and oxygen atoms in total. The van der Waals surface area contributed by atoms with Crippen LogP contribution in [-0.4, -0.2) is 33.2 Å². The van der Waals surface area contributed by atoms with E-state index < -0.39 is 11.9 Å². The Labute approximate surface area is 96.6 Å². The van der Waals surface area contributed by atoms with Crippen LogP contribution in [0.4, 0.5) is 0 Å². The van der Waals surface area contributed by atoms with E-state index in [9.17, 15) is 0 Å². The molecule has 0 aliphatic rings. The van der Waals surface area contributed by atoms with Crippen LogP contribution in [0, 0.1) is 0 Å². The van der Waals surface area contributed by atoms with Gasteiger partial charge < -0.3 is 21.7 Å². The molecular formula is C10H24N2O4.